The number of ether oxygens (including phenoxy) is 2. The highest BCUT2D eigenvalue weighted by molar-refractivity contribution is 5.55. The van der Waals surface area contributed by atoms with E-state index >= 15 is 0 Å². The summed E-state index contributed by atoms with van der Waals surface area (Å²) in [6, 6.07) is 0. The van der Waals surface area contributed by atoms with Crippen LogP contribution in [0.4, 0.5) is 0 Å². The molecule has 0 rings (SSSR count). The van der Waals surface area contributed by atoms with Gasteiger partial charge < -0.3 is 19.4 Å². The predicted octanol–water partition coefficient (Wildman–Crippen LogP) is 0.947. The van der Waals surface area contributed by atoms with Gasteiger partial charge in [-0.05, 0) is 6.42 Å². The maximum Gasteiger partial charge on any atom is 0.149 e. The third-order valence-corrected chi connectivity index (χ3v) is 2.04. The van der Waals surface area contributed by atoms with Crippen molar-refractivity contribution in [3.05, 3.63) is 0 Å². The van der Waals surface area contributed by atoms with Gasteiger partial charge in [-0.3, -0.25) is 4.90 Å². The fraction of sp³-hybridized carbons (Fsp3) is 0.923. The van der Waals surface area contributed by atoms with Crippen LogP contribution in [0.15, 0.2) is 0 Å². The number of aliphatic hydroxyl groups excluding tert-OH is 1. The summed E-state index contributed by atoms with van der Waals surface area (Å²) in [4.78, 5) is 12.3. The van der Waals surface area contributed by atoms with Crippen molar-refractivity contribution in [2.24, 2.45) is 0 Å². The second-order valence-corrected chi connectivity index (χ2v) is 4.05. The zero-order valence-corrected chi connectivity index (χ0v) is 12.2. The number of aldehydes is 1. The van der Waals surface area contributed by atoms with Gasteiger partial charge in [-0.25, -0.2) is 0 Å². The average molecular weight is 263 g/mol. The number of hydrogen-bond acceptors (Lipinski definition) is 5. The Hall–Kier alpha value is -0.490. The van der Waals surface area contributed by atoms with E-state index in [0.29, 0.717) is 32.6 Å². The fourth-order valence-corrected chi connectivity index (χ4v) is 1.25. The Balaban J connectivity index is 0. The first-order valence-corrected chi connectivity index (χ1v) is 6.49. The third-order valence-electron chi connectivity index (χ3n) is 2.04. The summed E-state index contributed by atoms with van der Waals surface area (Å²) in [7, 11) is 3.28. The summed E-state index contributed by atoms with van der Waals surface area (Å²) in [5.74, 6) is 0. The quantitative estimate of drug-likeness (QED) is 0.470. The van der Waals surface area contributed by atoms with Gasteiger partial charge in [-0.15, -0.1) is 0 Å². The molecular weight excluding hydrogens is 234 g/mol. The van der Waals surface area contributed by atoms with E-state index in [-0.39, 0.29) is 0 Å². The number of carbonyl (C=O) groups excluding carboxylic acids is 1. The van der Waals surface area contributed by atoms with Gasteiger partial charge >= 0.3 is 0 Å². The van der Waals surface area contributed by atoms with E-state index in [0.717, 1.165) is 13.0 Å². The summed E-state index contributed by atoms with van der Waals surface area (Å²) in [6.45, 7) is 7.39. The molecule has 0 amide bonds. The predicted molar refractivity (Wildman–Crippen MR) is 72.8 cm³/mol. The summed E-state index contributed by atoms with van der Waals surface area (Å²) in [6.07, 6.45) is 1.77. The molecule has 1 N–H and O–H groups in total. The lowest BCUT2D eigenvalue weighted by molar-refractivity contribution is -0.115. The number of rotatable bonds is 10. The lowest BCUT2D eigenvalue weighted by atomic mass is 10.3. The molecule has 1 atom stereocenters. The molecule has 0 aromatic carbocycles. The first-order valence-electron chi connectivity index (χ1n) is 6.49. The molecule has 0 spiro atoms. The Morgan fingerprint density at radius 2 is 1.72 bits per heavy atom. The molecule has 18 heavy (non-hydrogen) atoms. The molecule has 1 unspecified atom stereocenters. The lowest BCUT2D eigenvalue weighted by Crippen LogP contribution is -2.36. The standard InChI is InChI=1S/C10H21NO4.C3H8/c1-14-6-3-4-11(5-7-15-2)8-10(13)9-12;1-3-2/h9-10,13H,3-8H2,1-2H3;3H2,1-2H3. The van der Waals surface area contributed by atoms with Crippen LogP contribution in [0.25, 0.3) is 0 Å². The molecule has 5 heteroatoms. The van der Waals surface area contributed by atoms with Crippen LogP contribution in [-0.4, -0.2) is 69.5 Å². The van der Waals surface area contributed by atoms with Crippen molar-refractivity contribution in [3.8, 4) is 0 Å². The first kappa shape index (κ1) is 19.8. The number of aliphatic hydroxyl groups is 1. The zero-order chi connectivity index (χ0) is 14.2. The maximum absolute atomic E-state index is 10.3. The SMILES string of the molecule is CCC.COCCCN(CCOC)CC(O)C=O. The van der Waals surface area contributed by atoms with Crippen LogP contribution in [0, 0.1) is 0 Å². The second kappa shape index (κ2) is 16.5. The molecule has 5 nitrogen and oxygen atoms in total. The van der Waals surface area contributed by atoms with E-state index in [9.17, 15) is 9.90 Å². The van der Waals surface area contributed by atoms with E-state index in [2.05, 4.69) is 13.8 Å². The van der Waals surface area contributed by atoms with Gasteiger partial charge in [0, 0.05) is 40.5 Å². The minimum absolute atomic E-state index is 0.358. The van der Waals surface area contributed by atoms with Crippen LogP contribution in [0.3, 0.4) is 0 Å². The lowest BCUT2D eigenvalue weighted by Gasteiger charge is -2.22. The molecule has 0 aromatic rings. The van der Waals surface area contributed by atoms with Crippen LogP contribution >= 0.6 is 0 Å². The minimum atomic E-state index is -0.913. The van der Waals surface area contributed by atoms with Gasteiger partial charge in [0.25, 0.3) is 0 Å². The van der Waals surface area contributed by atoms with Crippen molar-refractivity contribution >= 4 is 6.29 Å². The molecular formula is C13H29NO4. The van der Waals surface area contributed by atoms with E-state index in [1.165, 1.54) is 6.42 Å². The first-order chi connectivity index (χ1) is 8.65. The van der Waals surface area contributed by atoms with Crippen LogP contribution in [-0.2, 0) is 14.3 Å². The van der Waals surface area contributed by atoms with Gasteiger partial charge in [0.1, 0.15) is 12.4 Å². The summed E-state index contributed by atoms with van der Waals surface area (Å²) >= 11 is 0. The van der Waals surface area contributed by atoms with Crippen molar-refractivity contribution < 1.29 is 19.4 Å². The van der Waals surface area contributed by atoms with Crippen molar-refractivity contribution in [1.82, 2.24) is 4.90 Å². The van der Waals surface area contributed by atoms with Gasteiger partial charge in [-0.1, -0.05) is 20.3 Å². The Morgan fingerprint density at radius 3 is 2.17 bits per heavy atom. The fourth-order valence-electron chi connectivity index (χ4n) is 1.25. The minimum Gasteiger partial charge on any atom is -0.385 e. The van der Waals surface area contributed by atoms with E-state index < -0.39 is 6.10 Å². The van der Waals surface area contributed by atoms with Crippen molar-refractivity contribution in [2.45, 2.75) is 32.8 Å². The molecule has 0 aliphatic carbocycles. The molecule has 0 radical (unpaired) electrons. The monoisotopic (exact) mass is 263 g/mol. The molecule has 0 aliphatic heterocycles. The highest BCUT2D eigenvalue weighted by Gasteiger charge is 2.10. The Bertz CT molecular complexity index is 167. The molecule has 0 saturated carbocycles. The molecule has 0 aromatic heterocycles. The molecule has 0 bridgehead atoms. The number of hydrogen-bond donors (Lipinski definition) is 1. The molecule has 0 fully saturated rings. The summed E-state index contributed by atoms with van der Waals surface area (Å²) < 4.78 is 9.89. The normalized spacial score (nSPS) is 11.9. The smallest absolute Gasteiger partial charge is 0.149 e. The van der Waals surface area contributed by atoms with Gasteiger partial charge in [0.15, 0.2) is 0 Å². The number of methoxy groups -OCH3 is 2. The zero-order valence-electron chi connectivity index (χ0n) is 12.2. The van der Waals surface area contributed by atoms with Crippen molar-refractivity contribution in [2.75, 3.05) is 47.1 Å². The molecule has 110 valence electrons. The van der Waals surface area contributed by atoms with Gasteiger partial charge in [0.2, 0.25) is 0 Å². The Labute approximate surface area is 111 Å². The van der Waals surface area contributed by atoms with Crippen LogP contribution < -0.4 is 0 Å². The van der Waals surface area contributed by atoms with E-state index in [1.807, 2.05) is 4.90 Å². The highest BCUT2D eigenvalue weighted by atomic mass is 16.5. The largest absolute Gasteiger partial charge is 0.385 e. The van der Waals surface area contributed by atoms with Gasteiger partial charge in [-0.2, -0.15) is 0 Å². The number of carbonyl (C=O) groups is 1. The van der Waals surface area contributed by atoms with Gasteiger partial charge in [0.05, 0.1) is 6.61 Å². The van der Waals surface area contributed by atoms with Crippen molar-refractivity contribution in [1.29, 1.82) is 0 Å². The second-order valence-electron chi connectivity index (χ2n) is 4.05. The Kier molecular flexibility index (Phi) is 18.2. The third kappa shape index (κ3) is 15.5. The van der Waals surface area contributed by atoms with Crippen LogP contribution in [0.1, 0.15) is 26.7 Å². The van der Waals surface area contributed by atoms with Crippen LogP contribution in [0.2, 0.25) is 0 Å². The average Bonchev–Trinajstić information content (AvgIpc) is 2.36. The highest BCUT2D eigenvalue weighted by Crippen LogP contribution is 1.94. The topological polar surface area (TPSA) is 59.0 Å². The summed E-state index contributed by atoms with van der Waals surface area (Å²) in [5.41, 5.74) is 0. The number of nitrogens with zero attached hydrogens (tertiary/aromatic N) is 1. The maximum atomic E-state index is 10.3. The summed E-state index contributed by atoms with van der Waals surface area (Å²) in [5, 5.41) is 9.20. The van der Waals surface area contributed by atoms with Crippen molar-refractivity contribution in [3.63, 3.8) is 0 Å². The van der Waals surface area contributed by atoms with E-state index in [4.69, 9.17) is 9.47 Å². The molecule has 0 aliphatic rings. The Morgan fingerprint density at radius 1 is 1.17 bits per heavy atom. The molecule has 0 saturated heterocycles. The van der Waals surface area contributed by atoms with Crippen LogP contribution in [0.5, 0.6) is 0 Å². The van der Waals surface area contributed by atoms with E-state index in [1.54, 1.807) is 14.2 Å². The molecule has 0 heterocycles.